The minimum absolute atomic E-state index is 0.127. The summed E-state index contributed by atoms with van der Waals surface area (Å²) in [7, 11) is 0.0665. The van der Waals surface area contributed by atoms with Crippen molar-refractivity contribution in [1.82, 2.24) is 9.13 Å². The van der Waals surface area contributed by atoms with Crippen LogP contribution >= 0.6 is 0 Å². The molecule has 0 saturated heterocycles. The molecule has 1 aromatic carbocycles. The summed E-state index contributed by atoms with van der Waals surface area (Å²) in [5.41, 5.74) is 8.26. The number of nitrogens with two attached hydrogens (primary N) is 1. The summed E-state index contributed by atoms with van der Waals surface area (Å²) in [5.74, 6) is 0. The second kappa shape index (κ2) is 4.71. The van der Waals surface area contributed by atoms with Crippen LogP contribution in [0.4, 0.5) is 0 Å². The summed E-state index contributed by atoms with van der Waals surface area (Å²) in [6.45, 7) is 3.22. The Hall–Kier alpha value is -1.60. The molecule has 0 amide bonds. The molecule has 0 radical (unpaired) electrons. The van der Waals surface area contributed by atoms with Crippen molar-refractivity contribution in [3.05, 3.63) is 34.2 Å². The molecule has 2 rings (SSSR count). The average Bonchev–Trinajstić information content (AvgIpc) is 2.61. The fraction of sp³-hybridized carbons (Fsp3) is 0.500. The smallest absolute Gasteiger partial charge is 0.323 e. The van der Waals surface area contributed by atoms with Crippen LogP contribution in [0, 0.1) is 0 Å². The number of sulfone groups is 1. The van der Waals surface area contributed by atoms with Gasteiger partial charge in [0.05, 0.1) is 15.8 Å². The summed E-state index contributed by atoms with van der Waals surface area (Å²) >= 11 is 0. The van der Waals surface area contributed by atoms with Crippen molar-refractivity contribution in [3.8, 4) is 0 Å². The van der Waals surface area contributed by atoms with Gasteiger partial charge in [0, 0.05) is 26.4 Å². The van der Waals surface area contributed by atoms with Crippen molar-refractivity contribution in [2.24, 2.45) is 19.8 Å². The van der Waals surface area contributed by atoms with Crippen molar-refractivity contribution in [2.75, 3.05) is 6.26 Å². The van der Waals surface area contributed by atoms with Crippen molar-refractivity contribution < 1.29 is 8.42 Å². The minimum atomic E-state index is -3.31. The maximum atomic E-state index is 11.9. The van der Waals surface area contributed by atoms with Gasteiger partial charge < -0.3 is 5.73 Å². The van der Waals surface area contributed by atoms with Gasteiger partial charge in [-0.1, -0.05) is 6.07 Å². The van der Waals surface area contributed by atoms with E-state index in [0.717, 1.165) is 11.0 Å². The van der Waals surface area contributed by atoms with E-state index in [1.807, 2.05) is 0 Å². The quantitative estimate of drug-likeness (QED) is 0.904. The molecular formula is C14H21N3O3S. The molecule has 7 heteroatoms. The molecule has 1 atom stereocenters. The van der Waals surface area contributed by atoms with E-state index in [9.17, 15) is 13.2 Å². The zero-order valence-corrected chi connectivity index (χ0v) is 13.7. The molecule has 0 saturated carbocycles. The van der Waals surface area contributed by atoms with Gasteiger partial charge in [0.15, 0.2) is 9.84 Å². The third-order valence-electron chi connectivity index (χ3n) is 4.36. The van der Waals surface area contributed by atoms with E-state index >= 15 is 0 Å². The Bertz CT molecular complexity index is 859. The van der Waals surface area contributed by atoms with Crippen LogP contribution in [0.2, 0.25) is 0 Å². The molecule has 21 heavy (non-hydrogen) atoms. The van der Waals surface area contributed by atoms with Crippen LogP contribution in [0.3, 0.4) is 0 Å². The third kappa shape index (κ3) is 2.30. The first-order chi connectivity index (χ1) is 9.48. The molecule has 1 heterocycles. The molecule has 2 aromatic rings. The highest BCUT2D eigenvalue weighted by Gasteiger charge is 2.37. The van der Waals surface area contributed by atoms with Crippen LogP contribution in [0.15, 0.2) is 23.0 Å². The van der Waals surface area contributed by atoms with E-state index in [-0.39, 0.29) is 5.69 Å². The number of rotatable bonds is 3. The van der Waals surface area contributed by atoms with Gasteiger partial charge in [-0.25, -0.2) is 13.2 Å². The van der Waals surface area contributed by atoms with Crippen LogP contribution in [-0.2, 0) is 23.9 Å². The number of benzene rings is 1. The van der Waals surface area contributed by atoms with E-state index in [1.54, 1.807) is 50.7 Å². The Morgan fingerprint density at radius 2 is 1.67 bits per heavy atom. The SMILES string of the molecule is Cn1c(=O)n(C)c2cc(C(N)C(C)(C)S(C)(=O)=O)ccc21. The summed E-state index contributed by atoms with van der Waals surface area (Å²) in [6, 6.07) is 4.69. The molecule has 1 unspecified atom stereocenters. The monoisotopic (exact) mass is 311 g/mol. The highest BCUT2D eigenvalue weighted by Crippen LogP contribution is 2.31. The Kier molecular flexibility index (Phi) is 3.54. The molecule has 0 fully saturated rings. The van der Waals surface area contributed by atoms with Gasteiger partial charge in [-0.2, -0.15) is 0 Å². The first-order valence-electron chi connectivity index (χ1n) is 6.59. The Morgan fingerprint density at radius 3 is 2.19 bits per heavy atom. The predicted octanol–water partition coefficient (Wildman–Crippen LogP) is 0.700. The van der Waals surface area contributed by atoms with Gasteiger partial charge in [0.2, 0.25) is 0 Å². The number of hydrogen-bond acceptors (Lipinski definition) is 4. The number of imidazole rings is 1. The topological polar surface area (TPSA) is 87.1 Å². The molecule has 6 nitrogen and oxygen atoms in total. The largest absolute Gasteiger partial charge is 0.328 e. The van der Waals surface area contributed by atoms with Gasteiger partial charge in [-0.3, -0.25) is 9.13 Å². The van der Waals surface area contributed by atoms with Crippen LogP contribution in [0.5, 0.6) is 0 Å². The molecule has 0 bridgehead atoms. The van der Waals surface area contributed by atoms with Gasteiger partial charge in [-0.15, -0.1) is 0 Å². The lowest BCUT2D eigenvalue weighted by molar-refractivity contribution is 0.497. The summed E-state index contributed by atoms with van der Waals surface area (Å²) in [5, 5.41) is 0. The van der Waals surface area contributed by atoms with Crippen molar-refractivity contribution >= 4 is 20.9 Å². The highest BCUT2D eigenvalue weighted by molar-refractivity contribution is 7.92. The Balaban J connectivity index is 2.64. The number of aryl methyl sites for hydroxylation is 2. The first kappa shape index (κ1) is 15.8. The van der Waals surface area contributed by atoms with E-state index < -0.39 is 20.6 Å². The minimum Gasteiger partial charge on any atom is -0.323 e. The molecule has 0 aliphatic rings. The van der Waals surface area contributed by atoms with Crippen molar-refractivity contribution in [2.45, 2.75) is 24.6 Å². The maximum Gasteiger partial charge on any atom is 0.328 e. The van der Waals surface area contributed by atoms with Gasteiger partial charge in [0.25, 0.3) is 0 Å². The molecule has 0 aliphatic heterocycles. The zero-order valence-electron chi connectivity index (χ0n) is 12.9. The van der Waals surface area contributed by atoms with E-state index in [0.29, 0.717) is 5.56 Å². The first-order valence-corrected chi connectivity index (χ1v) is 8.48. The maximum absolute atomic E-state index is 11.9. The lowest BCUT2D eigenvalue weighted by Gasteiger charge is -2.30. The normalized spacial score (nSPS) is 14.6. The van der Waals surface area contributed by atoms with Gasteiger partial charge in [0.1, 0.15) is 0 Å². The van der Waals surface area contributed by atoms with E-state index in [2.05, 4.69) is 0 Å². The summed E-state index contributed by atoms with van der Waals surface area (Å²) in [4.78, 5) is 11.9. The highest BCUT2D eigenvalue weighted by atomic mass is 32.2. The average molecular weight is 311 g/mol. The third-order valence-corrected chi connectivity index (χ3v) is 6.53. The number of aromatic nitrogens is 2. The van der Waals surface area contributed by atoms with Crippen LogP contribution in [0.25, 0.3) is 11.0 Å². The second-order valence-electron chi connectivity index (χ2n) is 6.00. The fourth-order valence-corrected chi connectivity index (χ4v) is 2.95. The summed E-state index contributed by atoms with van der Waals surface area (Å²) in [6.07, 6.45) is 1.18. The van der Waals surface area contributed by atoms with Crippen molar-refractivity contribution in [1.29, 1.82) is 0 Å². The predicted molar refractivity (Wildman–Crippen MR) is 84.0 cm³/mol. The molecule has 1 aromatic heterocycles. The van der Waals surface area contributed by atoms with Crippen LogP contribution in [0.1, 0.15) is 25.5 Å². The number of hydrogen-bond donors (Lipinski definition) is 1. The number of fused-ring (bicyclic) bond motifs is 1. The van der Waals surface area contributed by atoms with E-state index in [1.165, 1.54) is 10.8 Å². The molecule has 0 aliphatic carbocycles. The van der Waals surface area contributed by atoms with E-state index in [4.69, 9.17) is 5.73 Å². The molecule has 0 spiro atoms. The number of nitrogens with zero attached hydrogens (tertiary/aromatic N) is 2. The van der Waals surface area contributed by atoms with Crippen LogP contribution in [-0.4, -0.2) is 28.6 Å². The lowest BCUT2D eigenvalue weighted by Crippen LogP contribution is -2.42. The van der Waals surface area contributed by atoms with Gasteiger partial charge >= 0.3 is 5.69 Å². The van der Waals surface area contributed by atoms with Crippen LogP contribution < -0.4 is 11.4 Å². The Morgan fingerprint density at radius 1 is 1.14 bits per heavy atom. The van der Waals surface area contributed by atoms with Crippen molar-refractivity contribution in [3.63, 3.8) is 0 Å². The molecule has 2 N–H and O–H groups in total. The standard InChI is InChI=1S/C14H21N3O3S/c1-14(2,21(5,19)20)12(15)9-6-7-10-11(8-9)17(4)13(18)16(10)3/h6-8,12H,15H2,1-5H3. The zero-order chi connectivity index (χ0) is 16.2. The van der Waals surface area contributed by atoms with Gasteiger partial charge in [-0.05, 0) is 31.5 Å². The molecule has 116 valence electrons. The fourth-order valence-electron chi connectivity index (χ4n) is 2.35. The summed E-state index contributed by atoms with van der Waals surface area (Å²) < 4.78 is 25.8. The lowest BCUT2D eigenvalue weighted by atomic mass is 9.96. The molecular weight excluding hydrogens is 290 g/mol. The Labute approximate surface area is 124 Å². The second-order valence-corrected chi connectivity index (χ2v) is 8.60.